The van der Waals surface area contributed by atoms with Gasteiger partial charge in [-0.3, -0.25) is 14.5 Å². The van der Waals surface area contributed by atoms with Crippen molar-refractivity contribution in [3.05, 3.63) is 44.5 Å². The third kappa shape index (κ3) is 2.69. The molecule has 0 aliphatic carbocycles. The van der Waals surface area contributed by atoms with E-state index in [1.54, 1.807) is 4.68 Å². The maximum Gasteiger partial charge on any atom is 0.325 e. The van der Waals surface area contributed by atoms with Gasteiger partial charge in [-0.25, -0.2) is 4.79 Å². The fraction of sp³-hybridized carbons (Fsp3) is 0.500. The topological polar surface area (TPSA) is 106 Å². The van der Waals surface area contributed by atoms with Crippen LogP contribution in [0.4, 0.5) is 0 Å². The standard InChI is InChI=1S/C12H15N5O3/c18-11-8(5-13-12(19)14-11)1-3-17-6-10(15-16-17)9-2-4-20-7-9/h5-6,9H,1-4,7H2,(H2,13,14,18,19). The van der Waals surface area contributed by atoms with Crippen molar-refractivity contribution in [1.82, 2.24) is 25.0 Å². The lowest BCUT2D eigenvalue weighted by Crippen LogP contribution is -2.25. The monoisotopic (exact) mass is 277 g/mol. The Bertz CT molecular complexity index is 695. The molecule has 8 nitrogen and oxygen atoms in total. The molecule has 2 N–H and O–H groups in total. The summed E-state index contributed by atoms with van der Waals surface area (Å²) in [5.41, 5.74) is 0.588. The summed E-state index contributed by atoms with van der Waals surface area (Å²) in [7, 11) is 0. The fourth-order valence-corrected chi connectivity index (χ4v) is 2.24. The van der Waals surface area contributed by atoms with Gasteiger partial charge in [0.1, 0.15) is 0 Å². The molecule has 1 aliphatic rings. The van der Waals surface area contributed by atoms with Crippen molar-refractivity contribution in [2.24, 2.45) is 0 Å². The highest BCUT2D eigenvalue weighted by Crippen LogP contribution is 2.22. The first-order chi connectivity index (χ1) is 9.72. The molecule has 2 aromatic heterocycles. The molecule has 1 saturated heterocycles. The van der Waals surface area contributed by atoms with Gasteiger partial charge >= 0.3 is 5.69 Å². The minimum Gasteiger partial charge on any atom is -0.381 e. The Labute approximate surface area is 113 Å². The summed E-state index contributed by atoms with van der Waals surface area (Å²) in [6.45, 7) is 2.00. The van der Waals surface area contributed by atoms with Crippen LogP contribution < -0.4 is 11.2 Å². The maximum atomic E-state index is 11.5. The van der Waals surface area contributed by atoms with Crippen LogP contribution in [-0.2, 0) is 17.7 Å². The molecule has 1 unspecified atom stereocenters. The number of aryl methyl sites for hydroxylation is 2. The van der Waals surface area contributed by atoms with E-state index in [2.05, 4.69) is 20.3 Å². The van der Waals surface area contributed by atoms with E-state index in [-0.39, 0.29) is 5.56 Å². The number of nitrogens with one attached hydrogen (secondary N) is 2. The van der Waals surface area contributed by atoms with E-state index in [0.717, 1.165) is 18.7 Å². The van der Waals surface area contributed by atoms with Gasteiger partial charge in [0.15, 0.2) is 0 Å². The van der Waals surface area contributed by atoms with E-state index in [0.29, 0.717) is 31.1 Å². The number of ether oxygens (including phenoxy) is 1. The fourth-order valence-electron chi connectivity index (χ4n) is 2.24. The molecule has 0 aromatic carbocycles. The normalized spacial score (nSPS) is 18.5. The molecule has 2 aromatic rings. The average molecular weight is 277 g/mol. The van der Waals surface area contributed by atoms with Gasteiger partial charge < -0.3 is 9.72 Å². The molecule has 8 heteroatoms. The molecule has 0 saturated carbocycles. The molecule has 0 amide bonds. The smallest absolute Gasteiger partial charge is 0.325 e. The van der Waals surface area contributed by atoms with Crippen LogP contribution in [0.15, 0.2) is 22.0 Å². The lowest BCUT2D eigenvalue weighted by atomic mass is 10.1. The van der Waals surface area contributed by atoms with Gasteiger partial charge in [0.25, 0.3) is 5.56 Å². The maximum absolute atomic E-state index is 11.5. The van der Waals surface area contributed by atoms with Crippen molar-refractivity contribution < 1.29 is 4.74 Å². The van der Waals surface area contributed by atoms with Gasteiger partial charge in [0.05, 0.1) is 12.3 Å². The zero-order chi connectivity index (χ0) is 13.9. The van der Waals surface area contributed by atoms with Crippen molar-refractivity contribution in [3.8, 4) is 0 Å². The van der Waals surface area contributed by atoms with Crippen LogP contribution in [0.5, 0.6) is 0 Å². The molecule has 1 aliphatic heterocycles. The van der Waals surface area contributed by atoms with Gasteiger partial charge in [-0.15, -0.1) is 5.10 Å². The summed E-state index contributed by atoms with van der Waals surface area (Å²) in [6, 6.07) is 0. The average Bonchev–Trinajstić information content (AvgIpc) is 3.08. The molecule has 0 spiro atoms. The molecule has 20 heavy (non-hydrogen) atoms. The second-order valence-electron chi connectivity index (χ2n) is 4.81. The number of aromatic nitrogens is 5. The third-order valence-corrected chi connectivity index (χ3v) is 3.41. The minimum atomic E-state index is -0.497. The van der Waals surface area contributed by atoms with Gasteiger partial charge in [0.2, 0.25) is 0 Å². The van der Waals surface area contributed by atoms with Gasteiger partial charge in [-0.1, -0.05) is 5.21 Å². The summed E-state index contributed by atoms with van der Waals surface area (Å²) < 4.78 is 7.03. The Morgan fingerprint density at radius 3 is 3.10 bits per heavy atom. The predicted octanol–water partition coefficient (Wildman–Crippen LogP) is -0.599. The number of hydrogen-bond acceptors (Lipinski definition) is 5. The molecule has 0 bridgehead atoms. The number of rotatable bonds is 4. The largest absolute Gasteiger partial charge is 0.381 e. The summed E-state index contributed by atoms with van der Waals surface area (Å²) in [6.07, 6.45) is 4.78. The predicted molar refractivity (Wildman–Crippen MR) is 69.6 cm³/mol. The highest BCUT2D eigenvalue weighted by atomic mass is 16.5. The van der Waals surface area contributed by atoms with Crippen LogP contribution in [0.1, 0.15) is 23.6 Å². The zero-order valence-electron chi connectivity index (χ0n) is 10.8. The Balaban J connectivity index is 1.66. The van der Waals surface area contributed by atoms with Crippen molar-refractivity contribution >= 4 is 0 Å². The zero-order valence-corrected chi connectivity index (χ0v) is 10.8. The van der Waals surface area contributed by atoms with E-state index < -0.39 is 5.69 Å². The van der Waals surface area contributed by atoms with E-state index >= 15 is 0 Å². The third-order valence-electron chi connectivity index (χ3n) is 3.41. The Kier molecular flexibility index (Phi) is 3.46. The number of aromatic amines is 2. The Hall–Kier alpha value is -2.22. The number of H-pyrrole nitrogens is 2. The lowest BCUT2D eigenvalue weighted by molar-refractivity contribution is 0.193. The first kappa shape index (κ1) is 12.8. The molecule has 3 heterocycles. The number of nitrogens with zero attached hydrogens (tertiary/aromatic N) is 3. The highest BCUT2D eigenvalue weighted by Gasteiger charge is 2.20. The molecular formula is C12H15N5O3. The molecule has 3 rings (SSSR count). The van der Waals surface area contributed by atoms with Gasteiger partial charge in [0, 0.05) is 37.0 Å². The van der Waals surface area contributed by atoms with E-state index in [1.165, 1.54) is 6.20 Å². The Morgan fingerprint density at radius 1 is 1.45 bits per heavy atom. The summed E-state index contributed by atoms with van der Waals surface area (Å²) >= 11 is 0. The molecule has 106 valence electrons. The minimum absolute atomic E-state index is 0.320. The summed E-state index contributed by atoms with van der Waals surface area (Å²) in [4.78, 5) is 27.1. The first-order valence-electron chi connectivity index (χ1n) is 6.51. The second kappa shape index (κ2) is 5.41. The SMILES string of the molecule is O=c1[nH]cc(CCn2cc(C3CCOC3)nn2)c(=O)[nH]1. The highest BCUT2D eigenvalue weighted by molar-refractivity contribution is 5.05. The molecule has 1 fully saturated rings. The molecular weight excluding hydrogens is 262 g/mol. The molecule has 1 atom stereocenters. The van der Waals surface area contributed by atoms with Crippen LogP contribution in [0.2, 0.25) is 0 Å². The number of hydrogen-bond donors (Lipinski definition) is 2. The van der Waals surface area contributed by atoms with Gasteiger partial charge in [-0.05, 0) is 12.8 Å². The second-order valence-corrected chi connectivity index (χ2v) is 4.81. The van der Waals surface area contributed by atoms with Crippen molar-refractivity contribution in [3.63, 3.8) is 0 Å². The quantitative estimate of drug-likeness (QED) is 0.776. The lowest BCUT2D eigenvalue weighted by Gasteiger charge is -2.01. The van der Waals surface area contributed by atoms with Crippen LogP contribution in [0, 0.1) is 0 Å². The van der Waals surface area contributed by atoms with E-state index in [4.69, 9.17) is 4.74 Å². The van der Waals surface area contributed by atoms with Crippen LogP contribution in [-0.4, -0.2) is 38.2 Å². The summed E-state index contributed by atoms with van der Waals surface area (Å²) in [5.74, 6) is 0.320. The molecule has 0 radical (unpaired) electrons. The van der Waals surface area contributed by atoms with Crippen molar-refractivity contribution in [1.29, 1.82) is 0 Å². The first-order valence-corrected chi connectivity index (χ1v) is 6.51. The van der Waals surface area contributed by atoms with Crippen LogP contribution in [0.3, 0.4) is 0 Å². The van der Waals surface area contributed by atoms with Crippen molar-refractivity contribution in [2.45, 2.75) is 25.3 Å². The van der Waals surface area contributed by atoms with Crippen LogP contribution in [0.25, 0.3) is 0 Å². The van der Waals surface area contributed by atoms with Crippen molar-refractivity contribution in [2.75, 3.05) is 13.2 Å². The van der Waals surface area contributed by atoms with Gasteiger partial charge in [-0.2, -0.15) is 0 Å². The summed E-state index contributed by atoms with van der Waals surface area (Å²) in [5, 5.41) is 8.19. The Morgan fingerprint density at radius 2 is 2.35 bits per heavy atom. The van der Waals surface area contributed by atoms with E-state index in [9.17, 15) is 9.59 Å². The van der Waals surface area contributed by atoms with E-state index in [1.807, 2.05) is 6.20 Å². The van der Waals surface area contributed by atoms with Crippen LogP contribution >= 0.6 is 0 Å².